The van der Waals surface area contributed by atoms with E-state index in [2.05, 4.69) is 9.97 Å². The number of ether oxygens (including phenoxy) is 1. The molecule has 0 aliphatic rings. The number of rotatable bonds is 2. The van der Waals surface area contributed by atoms with Crippen LogP contribution in [0.1, 0.15) is 16.2 Å². The molecule has 0 unspecified atom stereocenters. The summed E-state index contributed by atoms with van der Waals surface area (Å²) in [6.07, 6.45) is 0. The van der Waals surface area contributed by atoms with Crippen LogP contribution in [0.15, 0.2) is 6.07 Å². The average Bonchev–Trinajstić information content (AvgIpc) is 2.60. The number of aromatic amines is 2. The first-order chi connectivity index (χ1) is 7.54. The van der Waals surface area contributed by atoms with Crippen LogP contribution in [0.5, 0.6) is 5.75 Å². The molecular weight excluding hydrogens is 230 g/mol. The second kappa shape index (κ2) is 3.68. The smallest absolute Gasteiger partial charge is 0.252 e. The SMILES string of the molecule is COc1c(C(N)=O)cc(Cl)c2[nH+]c(C)[nH]c12. The molecule has 4 N–H and O–H groups in total. The van der Waals surface area contributed by atoms with Gasteiger partial charge in [-0.05, 0) is 6.07 Å². The van der Waals surface area contributed by atoms with Gasteiger partial charge in [0, 0.05) is 6.92 Å². The van der Waals surface area contributed by atoms with E-state index in [1.807, 2.05) is 6.92 Å². The number of imidazole rings is 1. The van der Waals surface area contributed by atoms with Gasteiger partial charge in [0.2, 0.25) is 11.3 Å². The largest absolute Gasteiger partial charge is 0.491 e. The van der Waals surface area contributed by atoms with E-state index in [0.717, 1.165) is 5.82 Å². The van der Waals surface area contributed by atoms with E-state index in [1.165, 1.54) is 13.2 Å². The van der Waals surface area contributed by atoms with Crippen LogP contribution in [0.25, 0.3) is 11.0 Å². The molecule has 0 atom stereocenters. The van der Waals surface area contributed by atoms with Crippen molar-refractivity contribution in [1.29, 1.82) is 0 Å². The van der Waals surface area contributed by atoms with Gasteiger partial charge in [-0.15, -0.1) is 0 Å². The van der Waals surface area contributed by atoms with Gasteiger partial charge in [0.1, 0.15) is 0 Å². The molecule has 0 saturated carbocycles. The summed E-state index contributed by atoms with van der Waals surface area (Å²) < 4.78 is 5.18. The number of benzene rings is 1. The highest BCUT2D eigenvalue weighted by Crippen LogP contribution is 2.31. The number of aryl methyl sites for hydroxylation is 1. The maximum Gasteiger partial charge on any atom is 0.252 e. The highest BCUT2D eigenvalue weighted by molar-refractivity contribution is 6.35. The number of hydrogen-bond acceptors (Lipinski definition) is 2. The summed E-state index contributed by atoms with van der Waals surface area (Å²) >= 11 is 6.03. The fourth-order valence-corrected chi connectivity index (χ4v) is 1.93. The van der Waals surface area contributed by atoms with Crippen molar-refractivity contribution in [3.63, 3.8) is 0 Å². The molecule has 1 aromatic heterocycles. The van der Waals surface area contributed by atoms with Gasteiger partial charge < -0.3 is 10.5 Å². The predicted molar refractivity (Wildman–Crippen MR) is 59.7 cm³/mol. The van der Waals surface area contributed by atoms with Crippen LogP contribution < -0.4 is 15.5 Å². The Hall–Kier alpha value is -1.75. The number of hydrogen-bond donors (Lipinski definition) is 2. The summed E-state index contributed by atoms with van der Waals surface area (Å²) in [5.41, 5.74) is 6.85. The molecule has 6 heteroatoms. The first-order valence-corrected chi connectivity index (χ1v) is 5.00. The van der Waals surface area contributed by atoms with Crippen LogP contribution in [0.4, 0.5) is 0 Å². The second-order valence-electron chi connectivity index (χ2n) is 3.43. The lowest BCUT2D eigenvalue weighted by Crippen LogP contribution is -2.13. The molecule has 2 rings (SSSR count). The predicted octanol–water partition coefficient (Wildman–Crippen LogP) is 1.05. The molecule has 0 radical (unpaired) electrons. The summed E-state index contributed by atoms with van der Waals surface area (Å²) in [6.45, 7) is 1.85. The Labute approximate surface area is 96.6 Å². The number of nitrogens with two attached hydrogens (primary N) is 1. The number of H-pyrrole nitrogens is 2. The average molecular weight is 241 g/mol. The molecule has 1 aromatic carbocycles. The van der Waals surface area contributed by atoms with Gasteiger partial charge in [0.15, 0.2) is 11.3 Å². The van der Waals surface area contributed by atoms with Crippen LogP contribution in [-0.2, 0) is 0 Å². The minimum Gasteiger partial charge on any atom is -0.491 e. The van der Waals surface area contributed by atoms with E-state index < -0.39 is 5.91 Å². The lowest BCUT2D eigenvalue weighted by atomic mass is 10.1. The van der Waals surface area contributed by atoms with Crippen molar-refractivity contribution in [2.45, 2.75) is 6.92 Å². The van der Waals surface area contributed by atoms with Crippen molar-refractivity contribution in [3.8, 4) is 5.75 Å². The van der Waals surface area contributed by atoms with Crippen LogP contribution >= 0.6 is 11.6 Å². The molecule has 0 saturated heterocycles. The van der Waals surface area contributed by atoms with Crippen LogP contribution in [0.2, 0.25) is 5.02 Å². The van der Waals surface area contributed by atoms with E-state index in [-0.39, 0.29) is 5.56 Å². The first kappa shape index (κ1) is 10.8. The van der Waals surface area contributed by atoms with E-state index in [1.54, 1.807) is 0 Å². The molecule has 0 spiro atoms. The number of aromatic nitrogens is 2. The molecule has 0 fully saturated rings. The number of primary amides is 1. The molecule has 0 aliphatic heterocycles. The molecule has 84 valence electrons. The van der Waals surface area contributed by atoms with E-state index in [4.69, 9.17) is 22.1 Å². The Bertz CT molecular complexity index is 577. The molecule has 16 heavy (non-hydrogen) atoms. The summed E-state index contributed by atoms with van der Waals surface area (Å²) in [6, 6.07) is 1.49. The third-order valence-electron chi connectivity index (χ3n) is 2.33. The third-order valence-corrected chi connectivity index (χ3v) is 2.62. The minimum atomic E-state index is -0.576. The normalized spacial score (nSPS) is 10.7. The number of fused-ring (bicyclic) bond motifs is 1. The highest BCUT2D eigenvalue weighted by atomic mass is 35.5. The number of halogens is 1. The summed E-state index contributed by atoms with van der Waals surface area (Å²) in [5.74, 6) is 0.640. The van der Waals surface area contributed by atoms with Crippen LogP contribution in [-0.4, -0.2) is 18.0 Å². The Morgan fingerprint density at radius 1 is 1.62 bits per heavy atom. The van der Waals surface area contributed by atoms with E-state index in [0.29, 0.717) is 21.8 Å². The zero-order chi connectivity index (χ0) is 11.9. The number of amides is 1. The summed E-state index contributed by atoms with van der Waals surface area (Å²) in [7, 11) is 1.48. The standard InChI is InChI=1S/C10H10ClN3O2/c1-4-13-7-6(11)3-5(10(12)15)9(16-2)8(7)14-4/h3H,1-2H3,(H2,12,15)(H,13,14)/p+1. The third kappa shape index (κ3) is 1.49. The maximum atomic E-state index is 11.2. The molecule has 0 aliphatic carbocycles. The van der Waals surface area contributed by atoms with Crippen LogP contribution in [0.3, 0.4) is 0 Å². The van der Waals surface area contributed by atoms with Crippen molar-refractivity contribution < 1.29 is 14.5 Å². The van der Waals surface area contributed by atoms with Gasteiger partial charge in [-0.3, -0.25) is 4.79 Å². The second-order valence-corrected chi connectivity index (χ2v) is 3.84. The minimum absolute atomic E-state index is 0.259. The first-order valence-electron chi connectivity index (χ1n) is 4.62. The zero-order valence-electron chi connectivity index (χ0n) is 8.85. The van der Waals surface area contributed by atoms with Gasteiger partial charge in [-0.25, -0.2) is 9.97 Å². The number of carbonyl (C=O) groups excluding carboxylic acids is 1. The van der Waals surface area contributed by atoms with E-state index in [9.17, 15) is 4.79 Å². The van der Waals surface area contributed by atoms with Crippen molar-refractivity contribution in [2.75, 3.05) is 7.11 Å². The fraction of sp³-hybridized carbons (Fsp3) is 0.200. The highest BCUT2D eigenvalue weighted by Gasteiger charge is 2.22. The molecule has 1 heterocycles. The van der Waals surface area contributed by atoms with Gasteiger partial charge >= 0.3 is 0 Å². The lowest BCUT2D eigenvalue weighted by molar-refractivity contribution is -0.354. The Balaban J connectivity index is 2.89. The monoisotopic (exact) mass is 240 g/mol. The summed E-state index contributed by atoms with van der Waals surface area (Å²) in [4.78, 5) is 17.3. The van der Waals surface area contributed by atoms with Gasteiger partial charge in [0.25, 0.3) is 5.91 Å². The Morgan fingerprint density at radius 2 is 2.31 bits per heavy atom. The van der Waals surface area contributed by atoms with Gasteiger partial charge in [0.05, 0.1) is 17.7 Å². The molecule has 2 aromatic rings. The lowest BCUT2D eigenvalue weighted by Gasteiger charge is -2.04. The number of carbonyl (C=O) groups is 1. The van der Waals surface area contributed by atoms with Crippen molar-refractivity contribution >= 4 is 28.5 Å². The molecular formula is C10H11ClN3O2+. The molecule has 0 bridgehead atoms. The van der Waals surface area contributed by atoms with Crippen LogP contribution in [0, 0.1) is 6.92 Å². The van der Waals surface area contributed by atoms with E-state index >= 15 is 0 Å². The molecule has 1 amide bonds. The quantitative estimate of drug-likeness (QED) is 0.823. The maximum absolute atomic E-state index is 11.2. The van der Waals surface area contributed by atoms with Crippen molar-refractivity contribution in [3.05, 3.63) is 22.5 Å². The number of nitrogens with one attached hydrogen (secondary N) is 2. The number of methoxy groups -OCH3 is 1. The summed E-state index contributed by atoms with van der Waals surface area (Å²) in [5, 5.41) is 0.425. The van der Waals surface area contributed by atoms with Crippen molar-refractivity contribution in [2.24, 2.45) is 5.73 Å². The topological polar surface area (TPSA) is 82.2 Å². The molecule has 5 nitrogen and oxygen atoms in total. The fourth-order valence-electron chi connectivity index (χ4n) is 1.67. The Kier molecular flexibility index (Phi) is 2.47. The van der Waals surface area contributed by atoms with Gasteiger partial charge in [-0.2, -0.15) is 0 Å². The Morgan fingerprint density at radius 3 is 2.88 bits per heavy atom. The van der Waals surface area contributed by atoms with Crippen molar-refractivity contribution in [1.82, 2.24) is 4.98 Å². The van der Waals surface area contributed by atoms with Gasteiger partial charge in [-0.1, -0.05) is 11.6 Å². The zero-order valence-corrected chi connectivity index (χ0v) is 9.61.